The summed E-state index contributed by atoms with van der Waals surface area (Å²) in [4.78, 5) is 25.7. The molecule has 0 bridgehead atoms. The van der Waals surface area contributed by atoms with Gasteiger partial charge in [0.05, 0.1) is 0 Å². The highest BCUT2D eigenvalue weighted by Gasteiger charge is 2.29. The maximum atomic E-state index is 12.4. The molecule has 1 atom stereocenters. The number of anilines is 1. The fraction of sp³-hybridized carbons (Fsp3) is 0.429. The molecule has 1 aromatic carbocycles. The average molecular weight is 281 g/mol. The first-order chi connectivity index (χ1) is 9.11. The number of carbonyl (C=O) groups is 2. The highest BCUT2D eigenvalue weighted by atomic mass is 35.5. The number of amides is 2. The van der Waals surface area contributed by atoms with Gasteiger partial charge in [-0.05, 0) is 30.7 Å². The third kappa shape index (κ3) is 3.26. The van der Waals surface area contributed by atoms with Crippen molar-refractivity contribution in [3.05, 3.63) is 29.3 Å². The largest absolute Gasteiger partial charge is 0.344 e. The molecule has 2 rings (SSSR count). The molecule has 1 unspecified atom stereocenters. The Morgan fingerprint density at radius 1 is 1.32 bits per heavy atom. The first-order valence-electron chi connectivity index (χ1n) is 6.48. The molecule has 5 heteroatoms. The maximum Gasteiger partial charge on any atom is 0.249 e. The standard InChI is InChI=1S/C14H17ClN2O2/c1-2-3-12-14(19)17(9-8-13(18)16-12)11-6-4-10(15)5-7-11/h4-7,12H,2-3,8-9H2,1H3,(H,16,18). The summed E-state index contributed by atoms with van der Waals surface area (Å²) in [5.74, 6) is -0.113. The third-order valence-electron chi connectivity index (χ3n) is 3.18. The first kappa shape index (κ1) is 13.9. The van der Waals surface area contributed by atoms with E-state index in [1.54, 1.807) is 29.2 Å². The molecule has 0 spiro atoms. The van der Waals surface area contributed by atoms with Crippen molar-refractivity contribution >= 4 is 29.1 Å². The number of nitrogens with zero attached hydrogens (tertiary/aromatic N) is 1. The molecule has 1 N–H and O–H groups in total. The molecule has 0 radical (unpaired) electrons. The third-order valence-corrected chi connectivity index (χ3v) is 3.43. The topological polar surface area (TPSA) is 49.4 Å². The Kier molecular flexibility index (Phi) is 4.43. The second-order valence-corrected chi connectivity index (χ2v) is 5.06. The zero-order chi connectivity index (χ0) is 13.8. The molecular formula is C14H17ClN2O2. The Hall–Kier alpha value is -1.55. The van der Waals surface area contributed by atoms with Crippen molar-refractivity contribution < 1.29 is 9.59 Å². The van der Waals surface area contributed by atoms with E-state index < -0.39 is 6.04 Å². The smallest absolute Gasteiger partial charge is 0.249 e. The van der Waals surface area contributed by atoms with Crippen LogP contribution in [0.5, 0.6) is 0 Å². The van der Waals surface area contributed by atoms with Crippen LogP contribution in [0.2, 0.25) is 5.02 Å². The van der Waals surface area contributed by atoms with Crippen molar-refractivity contribution in [1.29, 1.82) is 0 Å². The molecule has 0 aliphatic carbocycles. The lowest BCUT2D eigenvalue weighted by atomic mass is 10.1. The SMILES string of the molecule is CCCC1NC(=O)CCN(c2ccc(Cl)cc2)C1=O. The van der Waals surface area contributed by atoms with Crippen molar-refractivity contribution in [3.8, 4) is 0 Å². The molecule has 102 valence electrons. The molecule has 1 aromatic rings. The summed E-state index contributed by atoms with van der Waals surface area (Å²) in [5, 5.41) is 3.41. The quantitative estimate of drug-likeness (QED) is 0.924. The van der Waals surface area contributed by atoms with Crippen molar-refractivity contribution in [2.45, 2.75) is 32.2 Å². The molecule has 1 fully saturated rings. The Morgan fingerprint density at radius 2 is 2.00 bits per heavy atom. The van der Waals surface area contributed by atoms with E-state index in [-0.39, 0.29) is 11.8 Å². The van der Waals surface area contributed by atoms with Crippen LogP contribution in [0.15, 0.2) is 24.3 Å². The molecule has 1 aliphatic rings. The zero-order valence-corrected chi connectivity index (χ0v) is 11.6. The van der Waals surface area contributed by atoms with Gasteiger partial charge in [0.25, 0.3) is 0 Å². The molecule has 1 saturated heterocycles. The molecule has 4 nitrogen and oxygen atoms in total. The van der Waals surface area contributed by atoms with Gasteiger partial charge in [-0.3, -0.25) is 9.59 Å². The van der Waals surface area contributed by atoms with E-state index in [0.29, 0.717) is 24.4 Å². The summed E-state index contributed by atoms with van der Waals surface area (Å²) in [7, 11) is 0. The minimum absolute atomic E-state index is 0.0463. The van der Waals surface area contributed by atoms with Crippen molar-refractivity contribution in [2.24, 2.45) is 0 Å². The molecular weight excluding hydrogens is 264 g/mol. The van der Waals surface area contributed by atoms with E-state index in [2.05, 4.69) is 5.32 Å². The normalized spacial score (nSPS) is 20.1. The molecule has 2 amide bonds. The van der Waals surface area contributed by atoms with Crippen LogP contribution in [0, 0.1) is 0 Å². The van der Waals surface area contributed by atoms with Gasteiger partial charge in [0.15, 0.2) is 0 Å². The van der Waals surface area contributed by atoms with Crippen LogP contribution >= 0.6 is 11.6 Å². The Labute approximate surface area is 117 Å². The zero-order valence-electron chi connectivity index (χ0n) is 10.9. The number of carbonyl (C=O) groups excluding carboxylic acids is 2. The minimum Gasteiger partial charge on any atom is -0.344 e. The van der Waals surface area contributed by atoms with Gasteiger partial charge in [0.1, 0.15) is 6.04 Å². The van der Waals surface area contributed by atoms with E-state index in [0.717, 1.165) is 12.1 Å². The van der Waals surface area contributed by atoms with Gasteiger partial charge < -0.3 is 10.2 Å². The predicted molar refractivity (Wildman–Crippen MR) is 75.3 cm³/mol. The highest BCUT2D eigenvalue weighted by molar-refractivity contribution is 6.30. The molecule has 1 aliphatic heterocycles. The van der Waals surface area contributed by atoms with E-state index in [9.17, 15) is 9.59 Å². The summed E-state index contributed by atoms with van der Waals surface area (Å²) in [6.45, 7) is 2.41. The van der Waals surface area contributed by atoms with Gasteiger partial charge >= 0.3 is 0 Å². The van der Waals surface area contributed by atoms with Crippen LogP contribution in [0.3, 0.4) is 0 Å². The lowest BCUT2D eigenvalue weighted by Gasteiger charge is -2.24. The first-order valence-corrected chi connectivity index (χ1v) is 6.86. The number of hydrogen-bond acceptors (Lipinski definition) is 2. The second-order valence-electron chi connectivity index (χ2n) is 4.63. The maximum absolute atomic E-state index is 12.4. The van der Waals surface area contributed by atoms with Crippen LogP contribution in [-0.4, -0.2) is 24.4 Å². The number of halogens is 1. The Bertz CT molecular complexity index is 473. The number of nitrogens with one attached hydrogen (secondary N) is 1. The summed E-state index contributed by atoms with van der Waals surface area (Å²) < 4.78 is 0. The van der Waals surface area contributed by atoms with Crippen LogP contribution in [-0.2, 0) is 9.59 Å². The summed E-state index contributed by atoms with van der Waals surface area (Å²) in [6.07, 6.45) is 1.84. The lowest BCUT2D eigenvalue weighted by Crippen LogP contribution is -2.44. The van der Waals surface area contributed by atoms with Crippen molar-refractivity contribution in [2.75, 3.05) is 11.4 Å². The van der Waals surface area contributed by atoms with Gasteiger partial charge in [-0.25, -0.2) is 0 Å². The van der Waals surface area contributed by atoms with E-state index in [1.165, 1.54) is 0 Å². The van der Waals surface area contributed by atoms with Crippen molar-refractivity contribution in [1.82, 2.24) is 5.32 Å². The van der Waals surface area contributed by atoms with Crippen LogP contribution in [0.25, 0.3) is 0 Å². The molecule has 0 saturated carbocycles. The van der Waals surface area contributed by atoms with Gasteiger partial charge in [-0.2, -0.15) is 0 Å². The summed E-state index contributed by atoms with van der Waals surface area (Å²) in [5.41, 5.74) is 0.784. The number of benzene rings is 1. The van der Waals surface area contributed by atoms with Crippen LogP contribution < -0.4 is 10.2 Å². The lowest BCUT2D eigenvalue weighted by molar-refractivity contribution is -0.125. The average Bonchev–Trinajstić information content (AvgIpc) is 2.52. The Morgan fingerprint density at radius 3 is 2.63 bits per heavy atom. The number of rotatable bonds is 3. The molecule has 1 heterocycles. The Balaban J connectivity index is 2.25. The van der Waals surface area contributed by atoms with E-state index >= 15 is 0 Å². The van der Waals surface area contributed by atoms with Crippen molar-refractivity contribution in [3.63, 3.8) is 0 Å². The highest BCUT2D eigenvalue weighted by Crippen LogP contribution is 2.21. The minimum atomic E-state index is -0.421. The van der Waals surface area contributed by atoms with Gasteiger partial charge in [0.2, 0.25) is 11.8 Å². The fourth-order valence-corrected chi connectivity index (χ4v) is 2.33. The molecule has 0 aromatic heterocycles. The van der Waals surface area contributed by atoms with Crippen LogP contribution in [0.1, 0.15) is 26.2 Å². The van der Waals surface area contributed by atoms with Gasteiger partial charge in [0, 0.05) is 23.7 Å². The van der Waals surface area contributed by atoms with Gasteiger partial charge in [-0.15, -0.1) is 0 Å². The van der Waals surface area contributed by atoms with E-state index in [4.69, 9.17) is 11.6 Å². The fourth-order valence-electron chi connectivity index (χ4n) is 2.20. The van der Waals surface area contributed by atoms with Crippen LogP contribution in [0.4, 0.5) is 5.69 Å². The predicted octanol–water partition coefficient (Wildman–Crippen LogP) is 2.36. The molecule has 19 heavy (non-hydrogen) atoms. The monoisotopic (exact) mass is 280 g/mol. The van der Waals surface area contributed by atoms with E-state index in [1.807, 2.05) is 6.92 Å². The summed E-state index contributed by atoms with van der Waals surface area (Å²) >= 11 is 5.85. The number of hydrogen-bond donors (Lipinski definition) is 1. The summed E-state index contributed by atoms with van der Waals surface area (Å²) in [6, 6.07) is 6.69. The van der Waals surface area contributed by atoms with Gasteiger partial charge in [-0.1, -0.05) is 24.9 Å². The second kappa shape index (κ2) is 6.06.